The molecule has 0 fully saturated rings. The first-order valence-electron chi connectivity index (χ1n) is 5.42. The average Bonchev–Trinajstić information content (AvgIpc) is 2.29. The summed E-state index contributed by atoms with van der Waals surface area (Å²) >= 11 is 0. The van der Waals surface area contributed by atoms with Gasteiger partial charge in [-0.25, -0.2) is 0 Å². The fourth-order valence-electron chi connectivity index (χ4n) is 1.30. The molecule has 1 aliphatic heterocycles. The number of rotatable bonds is 1. The molecule has 0 saturated heterocycles. The van der Waals surface area contributed by atoms with Gasteiger partial charge in [0.25, 0.3) is 0 Å². The van der Waals surface area contributed by atoms with Crippen molar-refractivity contribution in [1.82, 2.24) is 0 Å². The van der Waals surface area contributed by atoms with E-state index in [9.17, 15) is 0 Å². The zero-order chi connectivity index (χ0) is 11.0. The smallest absolute Gasteiger partial charge is 0.0611 e. The third kappa shape index (κ3) is 1.70. The van der Waals surface area contributed by atoms with Crippen LogP contribution >= 0.6 is 0 Å². The summed E-state index contributed by atoms with van der Waals surface area (Å²) in [6.45, 7) is 5.06. The fraction of sp³-hybridized carbons (Fsp3) is 0.700. The topological polar surface area (TPSA) is 12.4 Å². The standard InChI is InChI=1S/C10H17N/c1-5-8-6-11-7-9(8)10(2,3)4/h6H,5,7H2,1-4H3/i1D3. The summed E-state index contributed by atoms with van der Waals surface area (Å²) in [5, 5.41) is 0. The molecule has 1 rings (SSSR count). The van der Waals surface area contributed by atoms with Gasteiger partial charge in [-0.3, -0.25) is 4.99 Å². The van der Waals surface area contributed by atoms with Crippen molar-refractivity contribution < 1.29 is 4.11 Å². The summed E-state index contributed by atoms with van der Waals surface area (Å²) in [5.41, 5.74) is 2.09. The van der Waals surface area contributed by atoms with E-state index in [1.165, 1.54) is 0 Å². The predicted molar refractivity (Wildman–Crippen MR) is 50.1 cm³/mol. The van der Waals surface area contributed by atoms with Crippen LogP contribution < -0.4 is 0 Å². The monoisotopic (exact) mass is 154 g/mol. The lowest BCUT2D eigenvalue weighted by molar-refractivity contribution is 0.494. The largest absolute Gasteiger partial charge is 0.288 e. The maximum absolute atomic E-state index is 7.23. The molecule has 11 heavy (non-hydrogen) atoms. The van der Waals surface area contributed by atoms with E-state index in [1.807, 2.05) is 0 Å². The minimum Gasteiger partial charge on any atom is -0.288 e. The van der Waals surface area contributed by atoms with Gasteiger partial charge in [-0.1, -0.05) is 27.6 Å². The highest BCUT2D eigenvalue weighted by molar-refractivity contribution is 5.82. The van der Waals surface area contributed by atoms with E-state index in [4.69, 9.17) is 4.11 Å². The maximum Gasteiger partial charge on any atom is 0.0611 e. The molecule has 0 bridgehead atoms. The van der Waals surface area contributed by atoms with Crippen LogP contribution in [0, 0.1) is 5.41 Å². The average molecular weight is 154 g/mol. The van der Waals surface area contributed by atoms with Crippen molar-refractivity contribution >= 4 is 6.21 Å². The zero-order valence-electron chi connectivity index (χ0n) is 10.4. The Morgan fingerprint density at radius 3 is 2.91 bits per heavy atom. The molecule has 0 aliphatic carbocycles. The van der Waals surface area contributed by atoms with E-state index < -0.39 is 6.85 Å². The minimum atomic E-state index is -1.89. The van der Waals surface area contributed by atoms with Crippen LogP contribution in [0.5, 0.6) is 0 Å². The van der Waals surface area contributed by atoms with Gasteiger partial charge >= 0.3 is 0 Å². The van der Waals surface area contributed by atoms with Gasteiger partial charge in [0.05, 0.1) is 6.54 Å². The van der Waals surface area contributed by atoms with E-state index >= 15 is 0 Å². The summed E-state index contributed by atoms with van der Waals surface area (Å²) in [7, 11) is 0. The van der Waals surface area contributed by atoms with Crippen LogP contribution in [0.15, 0.2) is 16.1 Å². The molecule has 0 amide bonds. The Morgan fingerprint density at radius 2 is 2.36 bits per heavy atom. The van der Waals surface area contributed by atoms with Crippen molar-refractivity contribution in [3.8, 4) is 0 Å². The van der Waals surface area contributed by atoms with Crippen molar-refractivity contribution in [2.24, 2.45) is 10.4 Å². The predicted octanol–water partition coefficient (Wildman–Crippen LogP) is 2.82. The maximum atomic E-state index is 7.23. The molecule has 1 aliphatic rings. The molecular formula is C10H17N. The van der Waals surface area contributed by atoms with Gasteiger partial charge in [-0.2, -0.15) is 0 Å². The molecule has 62 valence electrons. The van der Waals surface area contributed by atoms with Gasteiger partial charge in [0, 0.05) is 10.3 Å². The highest BCUT2D eigenvalue weighted by Gasteiger charge is 2.21. The van der Waals surface area contributed by atoms with Crippen molar-refractivity contribution in [1.29, 1.82) is 0 Å². The Morgan fingerprint density at radius 1 is 1.64 bits per heavy atom. The van der Waals surface area contributed by atoms with E-state index in [-0.39, 0.29) is 11.8 Å². The normalized spacial score (nSPS) is 23.4. The van der Waals surface area contributed by atoms with E-state index in [2.05, 4.69) is 25.8 Å². The van der Waals surface area contributed by atoms with Crippen LogP contribution in [0.25, 0.3) is 0 Å². The van der Waals surface area contributed by atoms with Gasteiger partial charge < -0.3 is 0 Å². The summed E-state index contributed by atoms with van der Waals surface area (Å²) in [6.07, 6.45) is 1.86. The van der Waals surface area contributed by atoms with Crippen LogP contribution in [0.4, 0.5) is 0 Å². The van der Waals surface area contributed by atoms with Crippen LogP contribution in [0.2, 0.25) is 0 Å². The van der Waals surface area contributed by atoms with Gasteiger partial charge in [-0.15, -0.1) is 0 Å². The lowest BCUT2D eigenvalue weighted by Crippen LogP contribution is -2.12. The van der Waals surface area contributed by atoms with Gasteiger partial charge in [-0.05, 0) is 23.0 Å². The molecule has 0 spiro atoms. The molecule has 0 radical (unpaired) electrons. The first-order valence-corrected chi connectivity index (χ1v) is 3.92. The van der Waals surface area contributed by atoms with Crippen molar-refractivity contribution in [3.05, 3.63) is 11.1 Å². The third-order valence-electron chi connectivity index (χ3n) is 1.98. The van der Waals surface area contributed by atoms with Crippen molar-refractivity contribution in [2.45, 2.75) is 34.0 Å². The number of nitrogens with zero attached hydrogens (tertiary/aromatic N) is 1. The van der Waals surface area contributed by atoms with Crippen molar-refractivity contribution in [2.75, 3.05) is 6.54 Å². The van der Waals surface area contributed by atoms with Gasteiger partial charge in [0.2, 0.25) is 0 Å². The van der Waals surface area contributed by atoms with Crippen LogP contribution in [-0.2, 0) is 0 Å². The minimum absolute atomic E-state index is 0.0249. The molecule has 1 heterocycles. The summed E-state index contributed by atoms with van der Waals surface area (Å²) in [6, 6.07) is 0. The number of hydrogen-bond donors (Lipinski definition) is 0. The van der Waals surface area contributed by atoms with Crippen LogP contribution in [0.3, 0.4) is 0 Å². The first kappa shape index (κ1) is 5.13. The SMILES string of the molecule is [2H]C([2H])([2H])CC1=C(C(C)(C)C)CN=C1. The highest BCUT2D eigenvalue weighted by Crippen LogP contribution is 2.31. The fourth-order valence-corrected chi connectivity index (χ4v) is 1.30. The third-order valence-corrected chi connectivity index (χ3v) is 1.98. The molecule has 1 heteroatoms. The van der Waals surface area contributed by atoms with Crippen LogP contribution in [-0.4, -0.2) is 12.8 Å². The molecule has 0 atom stereocenters. The molecule has 0 saturated carbocycles. The molecule has 0 unspecified atom stereocenters. The second-order valence-corrected chi connectivity index (χ2v) is 3.90. The molecule has 0 N–H and O–H groups in total. The number of hydrogen-bond acceptors (Lipinski definition) is 1. The molecule has 0 aromatic heterocycles. The van der Waals surface area contributed by atoms with Gasteiger partial charge in [0.1, 0.15) is 0 Å². The Hall–Kier alpha value is -0.590. The van der Waals surface area contributed by atoms with E-state index in [1.54, 1.807) is 6.21 Å². The molecule has 1 nitrogen and oxygen atoms in total. The molecule has 0 aromatic rings. The Bertz CT molecular complexity index is 279. The van der Waals surface area contributed by atoms with Gasteiger partial charge in [0.15, 0.2) is 0 Å². The van der Waals surface area contributed by atoms with Crippen molar-refractivity contribution in [3.63, 3.8) is 0 Å². The molecular weight excluding hydrogens is 134 g/mol. The van der Waals surface area contributed by atoms with E-state index in [0.717, 1.165) is 11.1 Å². The number of aliphatic imine (C=N–C) groups is 1. The zero-order valence-corrected chi connectivity index (χ0v) is 7.44. The first-order chi connectivity index (χ1) is 6.20. The lowest BCUT2D eigenvalue weighted by Gasteiger charge is -2.21. The second-order valence-electron chi connectivity index (χ2n) is 3.90. The lowest BCUT2D eigenvalue weighted by atomic mass is 9.84. The molecule has 0 aromatic carbocycles. The quantitative estimate of drug-likeness (QED) is 0.550. The Labute approximate surface area is 73.4 Å². The van der Waals surface area contributed by atoms with E-state index in [0.29, 0.717) is 6.54 Å². The second kappa shape index (κ2) is 2.80. The van der Waals surface area contributed by atoms with Crippen LogP contribution in [0.1, 0.15) is 38.2 Å². The Kier molecular flexibility index (Phi) is 1.31. The Balaban J connectivity index is 2.88. The summed E-state index contributed by atoms with van der Waals surface area (Å²) in [5.74, 6) is 0. The number of allylic oxidation sites excluding steroid dienone is 1. The summed E-state index contributed by atoms with van der Waals surface area (Å²) in [4.78, 5) is 4.15. The summed E-state index contributed by atoms with van der Waals surface area (Å²) < 4.78 is 21.7. The highest BCUT2D eigenvalue weighted by atomic mass is 14.7.